The Balaban J connectivity index is 2.08. The van der Waals surface area contributed by atoms with Crippen LogP contribution in [0, 0.1) is 6.92 Å². The number of aryl methyl sites for hydroxylation is 1. The number of thiocarbonyl (C=S) groups is 1. The lowest BCUT2D eigenvalue weighted by Gasteiger charge is -2.05. The summed E-state index contributed by atoms with van der Waals surface area (Å²) < 4.78 is 0. The van der Waals surface area contributed by atoms with Crippen molar-refractivity contribution in [3.05, 3.63) is 35.4 Å². The maximum atomic E-state index is 11.0. The molecule has 0 atom stereocenters. The number of hydrogen-bond donors (Lipinski definition) is 1. The lowest BCUT2D eigenvalue weighted by Crippen LogP contribution is -2.16. The molecule has 1 N–H and O–H groups in total. The smallest absolute Gasteiger partial charge is 0.219 e. The van der Waals surface area contributed by atoms with Gasteiger partial charge in [0, 0.05) is 19.9 Å². The number of amides is 1. The van der Waals surface area contributed by atoms with Crippen molar-refractivity contribution in [3.63, 3.8) is 0 Å². The van der Waals surface area contributed by atoms with Crippen LogP contribution in [0.25, 0.3) is 0 Å². The summed E-state index contributed by atoms with van der Waals surface area (Å²) in [6.07, 6.45) is 6.95. The van der Waals surface area contributed by atoms with Gasteiger partial charge < -0.3 is 5.32 Å². The lowest BCUT2D eigenvalue weighted by atomic mass is 10.0. The largest absolute Gasteiger partial charge is 0.359 e. The Labute approximate surface area is 128 Å². The lowest BCUT2D eigenvalue weighted by molar-refractivity contribution is -0.120. The van der Waals surface area contributed by atoms with Crippen LogP contribution in [0.2, 0.25) is 0 Å². The second-order valence-electron chi connectivity index (χ2n) is 5.29. The SMILES string of the molecule is CNC(=O)CCCCCCC(=S)Cc1ccc(C)cc1. The van der Waals surface area contributed by atoms with Gasteiger partial charge >= 0.3 is 0 Å². The average molecular weight is 291 g/mol. The Kier molecular flexibility index (Phi) is 8.12. The summed E-state index contributed by atoms with van der Waals surface area (Å²) in [5, 5.41) is 2.65. The summed E-state index contributed by atoms with van der Waals surface area (Å²) in [6, 6.07) is 8.59. The van der Waals surface area contributed by atoms with Crippen LogP contribution in [-0.2, 0) is 11.2 Å². The van der Waals surface area contributed by atoms with Crippen LogP contribution in [0.4, 0.5) is 0 Å². The fourth-order valence-electron chi connectivity index (χ4n) is 2.11. The van der Waals surface area contributed by atoms with Crippen LogP contribution >= 0.6 is 12.2 Å². The van der Waals surface area contributed by atoms with Gasteiger partial charge in [-0.05, 0) is 36.6 Å². The third kappa shape index (κ3) is 7.39. The van der Waals surface area contributed by atoms with Crippen molar-refractivity contribution < 1.29 is 4.79 Å². The highest BCUT2D eigenvalue weighted by Gasteiger charge is 2.01. The zero-order valence-electron chi connectivity index (χ0n) is 12.6. The number of benzene rings is 1. The Morgan fingerprint density at radius 2 is 1.65 bits per heavy atom. The van der Waals surface area contributed by atoms with Gasteiger partial charge in [-0.2, -0.15) is 0 Å². The molecule has 0 aromatic heterocycles. The number of hydrogen-bond acceptors (Lipinski definition) is 2. The molecule has 110 valence electrons. The molecule has 0 fully saturated rings. The van der Waals surface area contributed by atoms with Crippen molar-refractivity contribution in [1.29, 1.82) is 0 Å². The van der Waals surface area contributed by atoms with Crippen LogP contribution in [0.3, 0.4) is 0 Å². The third-order valence-corrected chi connectivity index (χ3v) is 3.76. The molecule has 0 unspecified atom stereocenters. The molecule has 0 aliphatic carbocycles. The fourth-order valence-corrected chi connectivity index (χ4v) is 2.42. The third-order valence-electron chi connectivity index (χ3n) is 3.41. The van der Waals surface area contributed by atoms with E-state index in [2.05, 4.69) is 36.5 Å². The monoisotopic (exact) mass is 291 g/mol. The van der Waals surface area contributed by atoms with E-state index in [0.29, 0.717) is 6.42 Å². The van der Waals surface area contributed by atoms with E-state index in [-0.39, 0.29) is 5.91 Å². The number of unbranched alkanes of at least 4 members (excludes halogenated alkanes) is 3. The maximum absolute atomic E-state index is 11.0. The molecule has 3 heteroatoms. The molecule has 0 heterocycles. The number of carbonyl (C=O) groups is 1. The van der Waals surface area contributed by atoms with Crippen molar-refractivity contribution in [2.24, 2.45) is 0 Å². The van der Waals surface area contributed by atoms with E-state index >= 15 is 0 Å². The molecular weight excluding hydrogens is 266 g/mol. The molecule has 0 saturated carbocycles. The molecule has 0 spiro atoms. The Morgan fingerprint density at radius 1 is 1.05 bits per heavy atom. The second-order valence-corrected chi connectivity index (χ2v) is 5.87. The first-order valence-electron chi connectivity index (χ1n) is 7.39. The zero-order chi connectivity index (χ0) is 14.8. The van der Waals surface area contributed by atoms with Gasteiger partial charge in [0.1, 0.15) is 0 Å². The summed E-state index contributed by atoms with van der Waals surface area (Å²) in [5.74, 6) is 0.139. The first-order valence-corrected chi connectivity index (χ1v) is 7.80. The summed E-state index contributed by atoms with van der Waals surface area (Å²) in [5.41, 5.74) is 2.59. The summed E-state index contributed by atoms with van der Waals surface area (Å²) in [4.78, 5) is 12.2. The van der Waals surface area contributed by atoms with Gasteiger partial charge in [-0.3, -0.25) is 4.79 Å². The van der Waals surface area contributed by atoms with E-state index in [4.69, 9.17) is 12.2 Å². The number of rotatable bonds is 9. The maximum Gasteiger partial charge on any atom is 0.219 e. The predicted molar refractivity (Wildman–Crippen MR) is 89.2 cm³/mol. The van der Waals surface area contributed by atoms with E-state index in [1.165, 1.54) is 11.1 Å². The molecule has 1 amide bonds. The first-order chi connectivity index (χ1) is 9.61. The van der Waals surface area contributed by atoms with Crippen molar-refractivity contribution in [2.75, 3.05) is 7.05 Å². The van der Waals surface area contributed by atoms with Gasteiger partial charge in [0.05, 0.1) is 0 Å². The van der Waals surface area contributed by atoms with E-state index in [1.54, 1.807) is 7.05 Å². The Bertz CT molecular complexity index is 425. The minimum Gasteiger partial charge on any atom is -0.359 e. The Morgan fingerprint density at radius 3 is 2.25 bits per heavy atom. The Hall–Kier alpha value is -1.22. The zero-order valence-corrected chi connectivity index (χ0v) is 13.4. The molecule has 1 aromatic carbocycles. The van der Waals surface area contributed by atoms with Gasteiger partial charge in [0.15, 0.2) is 0 Å². The minimum absolute atomic E-state index is 0.139. The molecule has 0 aliphatic rings. The molecule has 0 bridgehead atoms. The average Bonchev–Trinajstić information content (AvgIpc) is 2.44. The summed E-state index contributed by atoms with van der Waals surface area (Å²) in [6.45, 7) is 2.10. The molecular formula is C17H25NOS. The van der Waals surface area contributed by atoms with E-state index < -0.39 is 0 Å². The normalized spacial score (nSPS) is 10.3. The van der Waals surface area contributed by atoms with Gasteiger partial charge in [0.2, 0.25) is 5.91 Å². The summed E-state index contributed by atoms with van der Waals surface area (Å²) in [7, 11) is 1.69. The first kappa shape index (κ1) is 16.8. The van der Waals surface area contributed by atoms with Crippen LogP contribution in [-0.4, -0.2) is 17.8 Å². The number of nitrogens with one attached hydrogen (secondary N) is 1. The summed E-state index contributed by atoms with van der Waals surface area (Å²) >= 11 is 5.44. The standard InChI is InChI=1S/C17H25NOS/c1-14-9-11-15(12-10-14)13-16(20)7-5-3-4-6-8-17(19)18-2/h9-12H,3-8,13H2,1-2H3,(H,18,19). The molecule has 20 heavy (non-hydrogen) atoms. The van der Waals surface area contributed by atoms with E-state index in [1.807, 2.05) is 0 Å². The van der Waals surface area contributed by atoms with Crippen LogP contribution in [0.5, 0.6) is 0 Å². The van der Waals surface area contributed by atoms with Gasteiger partial charge in [-0.1, -0.05) is 54.9 Å². The fraction of sp³-hybridized carbons (Fsp3) is 0.529. The highest BCUT2D eigenvalue weighted by atomic mass is 32.1. The van der Waals surface area contributed by atoms with Crippen molar-refractivity contribution in [1.82, 2.24) is 5.32 Å². The predicted octanol–water partition coefficient (Wildman–Crippen LogP) is 3.99. The molecule has 1 aromatic rings. The second kappa shape index (κ2) is 9.65. The van der Waals surface area contributed by atoms with Gasteiger partial charge in [0.25, 0.3) is 0 Å². The molecule has 0 radical (unpaired) electrons. The van der Waals surface area contributed by atoms with Gasteiger partial charge in [-0.15, -0.1) is 0 Å². The van der Waals surface area contributed by atoms with Crippen LogP contribution in [0.15, 0.2) is 24.3 Å². The highest BCUT2D eigenvalue weighted by Crippen LogP contribution is 2.10. The quantitative estimate of drug-likeness (QED) is 0.550. The molecule has 0 aliphatic heterocycles. The highest BCUT2D eigenvalue weighted by molar-refractivity contribution is 7.80. The van der Waals surface area contributed by atoms with Crippen molar-refractivity contribution in [3.8, 4) is 0 Å². The van der Waals surface area contributed by atoms with Gasteiger partial charge in [-0.25, -0.2) is 0 Å². The van der Waals surface area contributed by atoms with Crippen LogP contribution in [0.1, 0.15) is 49.7 Å². The van der Waals surface area contributed by atoms with Crippen LogP contribution < -0.4 is 5.32 Å². The van der Waals surface area contributed by atoms with E-state index in [0.717, 1.165) is 43.4 Å². The topological polar surface area (TPSA) is 29.1 Å². The molecule has 2 nitrogen and oxygen atoms in total. The van der Waals surface area contributed by atoms with E-state index in [9.17, 15) is 4.79 Å². The molecule has 0 saturated heterocycles. The number of carbonyl (C=O) groups excluding carboxylic acids is 1. The molecule has 1 rings (SSSR count). The van der Waals surface area contributed by atoms with Crippen molar-refractivity contribution in [2.45, 2.75) is 51.9 Å². The minimum atomic E-state index is 0.139. The van der Waals surface area contributed by atoms with Crippen molar-refractivity contribution >= 4 is 23.0 Å².